The molecule has 1 saturated heterocycles. The molecular weight excluding hydrogens is 364 g/mol. The summed E-state index contributed by atoms with van der Waals surface area (Å²) in [5, 5.41) is 0. The second-order valence-electron chi connectivity index (χ2n) is 7.53. The van der Waals surface area contributed by atoms with E-state index < -0.39 is 0 Å². The minimum absolute atomic E-state index is 0.0446. The van der Waals surface area contributed by atoms with E-state index in [1.54, 1.807) is 7.11 Å². The fraction of sp³-hybridized carbons (Fsp3) is 0.391. The number of carbonyl (C=O) groups excluding carboxylic acids is 1. The van der Waals surface area contributed by atoms with Gasteiger partial charge < -0.3 is 14.5 Å². The van der Waals surface area contributed by atoms with Gasteiger partial charge in [0.2, 0.25) is 0 Å². The van der Waals surface area contributed by atoms with Crippen molar-refractivity contribution >= 4 is 17.2 Å². The molecule has 3 aromatic rings. The van der Waals surface area contributed by atoms with Crippen molar-refractivity contribution in [2.24, 2.45) is 0 Å². The van der Waals surface area contributed by atoms with Crippen molar-refractivity contribution < 1.29 is 9.53 Å². The minimum atomic E-state index is 0.0446. The van der Waals surface area contributed by atoms with Crippen LogP contribution in [0.2, 0.25) is 0 Å². The van der Waals surface area contributed by atoms with Crippen LogP contribution in [0.1, 0.15) is 34.2 Å². The Morgan fingerprint density at radius 3 is 2.55 bits per heavy atom. The van der Waals surface area contributed by atoms with Crippen LogP contribution in [-0.4, -0.2) is 53.5 Å². The number of fused-ring (bicyclic) bond motifs is 1. The summed E-state index contributed by atoms with van der Waals surface area (Å²) in [5.74, 6) is 0.726. The lowest BCUT2D eigenvalue weighted by molar-refractivity contribution is 0.0738. The summed E-state index contributed by atoms with van der Waals surface area (Å²) in [6.45, 7) is 9.41. The van der Waals surface area contributed by atoms with E-state index in [-0.39, 0.29) is 5.91 Å². The first kappa shape index (κ1) is 19.3. The van der Waals surface area contributed by atoms with Crippen LogP contribution in [-0.2, 0) is 6.42 Å². The Morgan fingerprint density at radius 1 is 1.10 bits per heavy atom. The van der Waals surface area contributed by atoms with Gasteiger partial charge in [0.1, 0.15) is 5.69 Å². The van der Waals surface area contributed by atoms with Crippen LogP contribution >= 0.6 is 0 Å². The van der Waals surface area contributed by atoms with Crippen molar-refractivity contribution in [3.8, 4) is 5.75 Å². The predicted octanol–water partition coefficient (Wildman–Crippen LogP) is 3.48. The molecule has 6 heteroatoms. The number of pyridine rings is 1. The highest BCUT2D eigenvalue weighted by atomic mass is 16.5. The van der Waals surface area contributed by atoms with Gasteiger partial charge in [-0.05, 0) is 49.6 Å². The number of rotatable bonds is 4. The lowest BCUT2D eigenvalue weighted by atomic mass is 10.1. The summed E-state index contributed by atoms with van der Waals surface area (Å²) >= 11 is 0. The number of aromatic nitrogens is 2. The molecule has 29 heavy (non-hydrogen) atoms. The highest BCUT2D eigenvalue weighted by molar-refractivity contribution is 5.95. The van der Waals surface area contributed by atoms with Crippen LogP contribution in [0.25, 0.3) is 5.65 Å². The molecule has 1 amide bonds. The zero-order valence-corrected chi connectivity index (χ0v) is 17.6. The fourth-order valence-electron chi connectivity index (χ4n) is 4.10. The lowest BCUT2D eigenvalue weighted by Crippen LogP contribution is -2.49. The van der Waals surface area contributed by atoms with Gasteiger partial charge in [-0.3, -0.25) is 9.20 Å². The second kappa shape index (κ2) is 7.78. The second-order valence-corrected chi connectivity index (χ2v) is 7.53. The van der Waals surface area contributed by atoms with E-state index in [9.17, 15) is 4.79 Å². The third-order valence-corrected chi connectivity index (χ3v) is 5.93. The van der Waals surface area contributed by atoms with Crippen molar-refractivity contribution in [3.05, 3.63) is 59.0 Å². The Bertz CT molecular complexity index is 1050. The van der Waals surface area contributed by atoms with Crippen LogP contribution in [0.5, 0.6) is 5.75 Å². The number of aryl methyl sites for hydroxylation is 2. The van der Waals surface area contributed by atoms with Crippen LogP contribution in [0, 0.1) is 13.8 Å². The first-order valence-corrected chi connectivity index (χ1v) is 10.2. The first-order valence-electron chi connectivity index (χ1n) is 10.2. The Kier molecular flexibility index (Phi) is 5.18. The molecule has 0 saturated carbocycles. The SMILES string of the molecule is CCc1nc2c(OC)cccn2c1C(=O)N1CCN(c2cccc(C)c2C)CC1. The Balaban J connectivity index is 1.58. The summed E-state index contributed by atoms with van der Waals surface area (Å²) in [6.07, 6.45) is 2.60. The minimum Gasteiger partial charge on any atom is -0.493 e. The van der Waals surface area contributed by atoms with Gasteiger partial charge in [-0.25, -0.2) is 4.98 Å². The zero-order valence-electron chi connectivity index (χ0n) is 17.6. The number of carbonyl (C=O) groups is 1. The number of anilines is 1. The van der Waals surface area contributed by atoms with Gasteiger partial charge in [0.25, 0.3) is 5.91 Å². The van der Waals surface area contributed by atoms with Crippen molar-refractivity contribution in [1.82, 2.24) is 14.3 Å². The van der Waals surface area contributed by atoms with Crippen molar-refractivity contribution in [2.45, 2.75) is 27.2 Å². The largest absolute Gasteiger partial charge is 0.493 e. The molecule has 3 heterocycles. The van der Waals surface area contributed by atoms with Crippen molar-refractivity contribution in [3.63, 3.8) is 0 Å². The van der Waals surface area contributed by atoms with Crippen molar-refractivity contribution in [2.75, 3.05) is 38.2 Å². The fourth-order valence-corrected chi connectivity index (χ4v) is 4.10. The normalized spacial score (nSPS) is 14.5. The average molecular weight is 393 g/mol. The van der Waals surface area contributed by atoms with E-state index in [4.69, 9.17) is 4.74 Å². The van der Waals surface area contributed by atoms with Gasteiger partial charge in [-0.15, -0.1) is 0 Å². The van der Waals surface area contributed by atoms with Gasteiger partial charge >= 0.3 is 0 Å². The van der Waals surface area contributed by atoms with E-state index in [0.717, 1.165) is 18.8 Å². The highest BCUT2D eigenvalue weighted by Gasteiger charge is 2.28. The molecule has 1 aromatic carbocycles. The van der Waals surface area contributed by atoms with E-state index in [0.29, 0.717) is 36.6 Å². The molecule has 6 nitrogen and oxygen atoms in total. The number of ether oxygens (including phenoxy) is 1. The molecule has 0 spiro atoms. The number of piperazine rings is 1. The van der Waals surface area contributed by atoms with Gasteiger partial charge in [0.05, 0.1) is 12.8 Å². The topological polar surface area (TPSA) is 50.1 Å². The third-order valence-electron chi connectivity index (χ3n) is 5.93. The van der Waals surface area contributed by atoms with Crippen molar-refractivity contribution in [1.29, 1.82) is 0 Å². The zero-order chi connectivity index (χ0) is 20.5. The van der Waals surface area contributed by atoms with E-state index >= 15 is 0 Å². The molecule has 1 aliphatic rings. The van der Waals surface area contributed by atoms with E-state index in [1.165, 1.54) is 16.8 Å². The monoisotopic (exact) mass is 392 g/mol. The quantitative estimate of drug-likeness (QED) is 0.682. The molecule has 152 valence electrons. The van der Waals surface area contributed by atoms with E-state index in [2.05, 4.69) is 41.9 Å². The summed E-state index contributed by atoms with van der Waals surface area (Å²) in [6, 6.07) is 10.2. The molecule has 0 aliphatic carbocycles. The molecular formula is C23H28N4O2. The maximum Gasteiger partial charge on any atom is 0.272 e. The summed E-state index contributed by atoms with van der Waals surface area (Å²) in [4.78, 5) is 22.4. The number of benzene rings is 1. The molecule has 1 fully saturated rings. The summed E-state index contributed by atoms with van der Waals surface area (Å²) in [7, 11) is 1.63. The Hall–Kier alpha value is -3.02. The number of hydrogen-bond acceptors (Lipinski definition) is 4. The molecule has 0 atom stereocenters. The molecule has 4 rings (SSSR count). The summed E-state index contributed by atoms with van der Waals surface area (Å²) in [5.41, 5.74) is 6.05. The van der Waals surface area contributed by atoms with Gasteiger partial charge in [0.15, 0.2) is 11.4 Å². The standard InChI is InChI=1S/C23H28N4O2/c1-5-18-21(27-11-7-10-20(29-4)22(27)24-18)23(28)26-14-12-25(13-15-26)19-9-6-8-16(2)17(19)3/h6-11H,5,12-15H2,1-4H3. The number of imidazole rings is 1. The Labute approximate surface area is 171 Å². The molecule has 0 N–H and O–H groups in total. The number of amides is 1. The average Bonchev–Trinajstić information content (AvgIpc) is 3.14. The molecule has 2 aromatic heterocycles. The lowest BCUT2D eigenvalue weighted by Gasteiger charge is -2.37. The van der Waals surface area contributed by atoms with Crippen LogP contribution < -0.4 is 9.64 Å². The molecule has 1 aliphatic heterocycles. The number of hydrogen-bond donors (Lipinski definition) is 0. The van der Waals surface area contributed by atoms with Crippen LogP contribution in [0.3, 0.4) is 0 Å². The van der Waals surface area contributed by atoms with Crippen LogP contribution in [0.4, 0.5) is 5.69 Å². The predicted molar refractivity (Wildman–Crippen MR) is 115 cm³/mol. The molecule has 0 radical (unpaired) electrons. The van der Waals surface area contributed by atoms with Gasteiger partial charge in [0, 0.05) is 38.1 Å². The number of methoxy groups -OCH3 is 1. The summed E-state index contributed by atoms with van der Waals surface area (Å²) < 4.78 is 7.31. The first-order chi connectivity index (χ1) is 14.0. The molecule has 0 unspecified atom stereocenters. The van der Waals surface area contributed by atoms with Gasteiger partial charge in [-0.2, -0.15) is 0 Å². The smallest absolute Gasteiger partial charge is 0.272 e. The number of nitrogens with zero attached hydrogens (tertiary/aromatic N) is 4. The maximum atomic E-state index is 13.4. The van der Waals surface area contributed by atoms with Gasteiger partial charge in [-0.1, -0.05) is 19.1 Å². The third kappa shape index (κ3) is 3.33. The molecule has 0 bridgehead atoms. The maximum absolute atomic E-state index is 13.4. The van der Waals surface area contributed by atoms with Crippen LogP contribution in [0.15, 0.2) is 36.5 Å². The Morgan fingerprint density at radius 2 is 1.86 bits per heavy atom. The van der Waals surface area contributed by atoms with E-state index in [1.807, 2.05) is 34.6 Å². The highest BCUT2D eigenvalue weighted by Crippen LogP contribution is 2.26.